The van der Waals surface area contributed by atoms with E-state index in [-0.39, 0.29) is 0 Å². The average molecular weight is 181 g/mol. The van der Waals surface area contributed by atoms with Crippen molar-refractivity contribution in [3.8, 4) is 0 Å². The molecule has 1 aromatic rings. The monoisotopic (exact) mass is 181 g/mol. The lowest BCUT2D eigenvalue weighted by atomic mass is 10.1. The molecule has 1 unspecified atom stereocenters. The van der Waals surface area contributed by atoms with Crippen molar-refractivity contribution in [1.82, 2.24) is 4.98 Å². The van der Waals surface area contributed by atoms with E-state index in [2.05, 4.69) is 4.98 Å². The zero-order valence-electron chi connectivity index (χ0n) is 7.48. The Hall–Kier alpha value is -1.42. The Morgan fingerprint density at radius 2 is 2.08 bits per heavy atom. The fourth-order valence-corrected chi connectivity index (χ4v) is 1.12. The van der Waals surface area contributed by atoms with Gasteiger partial charge in [0, 0.05) is 17.0 Å². The van der Waals surface area contributed by atoms with E-state index in [1.165, 1.54) is 0 Å². The minimum absolute atomic E-state index is 0.345. The highest BCUT2D eigenvalue weighted by Gasteiger charge is 2.18. The number of carboxylic acid groups (broad SMARTS) is 1. The summed E-state index contributed by atoms with van der Waals surface area (Å²) in [5.41, 5.74) is 1.70. The van der Waals surface area contributed by atoms with Crippen molar-refractivity contribution in [1.29, 1.82) is 0 Å². The summed E-state index contributed by atoms with van der Waals surface area (Å²) in [7, 11) is 0. The van der Waals surface area contributed by atoms with E-state index < -0.39 is 12.1 Å². The third-order valence-electron chi connectivity index (χ3n) is 1.79. The first-order chi connectivity index (χ1) is 6.02. The molecule has 2 N–H and O–H groups in total. The van der Waals surface area contributed by atoms with Gasteiger partial charge >= 0.3 is 5.97 Å². The lowest BCUT2D eigenvalue weighted by Gasteiger charge is -2.08. The highest BCUT2D eigenvalue weighted by Crippen LogP contribution is 2.16. The normalized spacial score (nSPS) is 12.5. The van der Waals surface area contributed by atoms with Crippen LogP contribution in [0.15, 0.2) is 12.1 Å². The number of nitrogens with zero attached hydrogens (tertiary/aromatic N) is 1. The fourth-order valence-electron chi connectivity index (χ4n) is 1.12. The first-order valence-electron chi connectivity index (χ1n) is 3.87. The van der Waals surface area contributed by atoms with Crippen LogP contribution >= 0.6 is 0 Å². The van der Waals surface area contributed by atoms with E-state index in [4.69, 9.17) is 5.11 Å². The van der Waals surface area contributed by atoms with Gasteiger partial charge in [-0.1, -0.05) is 6.07 Å². The molecular weight excluding hydrogens is 170 g/mol. The summed E-state index contributed by atoms with van der Waals surface area (Å²) >= 11 is 0. The molecule has 0 saturated heterocycles. The van der Waals surface area contributed by atoms with Crippen LogP contribution < -0.4 is 0 Å². The van der Waals surface area contributed by atoms with Crippen molar-refractivity contribution < 1.29 is 15.0 Å². The van der Waals surface area contributed by atoms with Gasteiger partial charge in [0.05, 0.1) is 0 Å². The molecule has 0 aliphatic rings. The van der Waals surface area contributed by atoms with Gasteiger partial charge in [-0.15, -0.1) is 0 Å². The van der Waals surface area contributed by atoms with Crippen LogP contribution in [-0.2, 0) is 4.79 Å². The number of hydrogen-bond donors (Lipinski definition) is 2. The third-order valence-corrected chi connectivity index (χ3v) is 1.79. The highest BCUT2D eigenvalue weighted by atomic mass is 16.4. The van der Waals surface area contributed by atoms with Crippen LogP contribution in [0, 0.1) is 13.8 Å². The summed E-state index contributed by atoms with van der Waals surface area (Å²) in [4.78, 5) is 14.5. The van der Waals surface area contributed by atoms with Gasteiger partial charge in [-0.25, -0.2) is 4.79 Å². The second-order valence-electron chi connectivity index (χ2n) is 2.87. The van der Waals surface area contributed by atoms with E-state index in [1.54, 1.807) is 19.1 Å². The van der Waals surface area contributed by atoms with Gasteiger partial charge in [0.2, 0.25) is 0 Å². The van der Waals surface area contributed by atoms with Crippen LogP contribution in [0.4, 0.5) is 0 Å². The molecule has 0 radical (unpaired) electrons. The second kappa shape index (κ2) is 3.53. The van der Waals surface area contributed by atoms with Crippen LogP contribution in [0.5, 0.6) is 0 Å². The lowest BCUT2D eigenvalue weighted by molar-refractivity contribution is -0.147. The van der Waals surface area contributed by atoms with Gasteiger partial charge in [0.15, 0.2) is 6.10 Å². The molecule has 4 heteroatoms. The topological polar surface area (TPSA) is 70.4 Å². The number of carboxylic acids is 1. The first kappa shape index (κ1) is 9.67. The van der Waals surface area contributed by atoms with E-state index in [0.29, 0.717) is 11.3 Å². The molecule has 1 aromatic heterocycles. The number of aryl methyl sites for hydroxylation is 2. The number of aromatic nitrogens is 1. The maximum atomic E-state index is 10.5. The first-order valence-corrected chi connectivity index (χ1v) is 3.87. The second-order valence-corrected chi connectivity index (χ2v) is 2.87. The molecule has 0 aliphatic carbocycles. The number of aliphatic hydroxyl groups excluding tert-OH is 1. The molecule has 70 valence electrons. The number of aliphatic carboxylic acids is 1. The van der Waals surface area contributed by atoms with Crippen molar-refractivity contribution in [2.24, 2.45) is 0 Å². The summed E-state index contributed by atoms with van der Waals surface area (Å²) < 4.78 is 0. The Balaban J connectivity index is 3.08. The summed E-state index contributed by atoms with van der Waals surface area (Å²) in [6.45, 7) is 3.48. The molecule has 0 fully saturated rings. The van der Waals surface area contributed by atoms with E-state index in [9.17, 15) is 9.90 Å². The zero-order chi connectivity index (χ0) is 10.0. The summed E-state index contributed by atoms with van der Waals surface area (Å²) in [6.07, 6.45) is -1.48. The fraction of sp³-hybridized carbons (Fsp3) is 0.333. The quantitative estimate of drug-likeness (QED) is 0.708. The number of pyridine rings is 1. The van der Waals surface area contributed by atoms with E-state index in [1.807, 2.05) is 6.92 Å². The number of aliphatic hydroxyl groups is 1. The van der Waals surface area contributed by atoms with Crippen molar-refractivity contribution in [2.75, 3.05) is 0 Å². The molecule has 0 aromatic carbocycles. The zero-order valence-corrected chi connectivity index (χ0v) is 7.48. The molecular formula is C9H11NO3. The van der Waals surface area contributed by atoms with Gasteiger partial charge in [-0.3, -0.25) is 4.98 Å². The molecule has 0 spiro atoms. The Bertz CT molecular complexity index is 336. The maximum Gasteiger partial charge on any atom is 0.337 e. The predicted octanol–water partition coefficient (Wildman–Crippen LogP) is 0.816. The average Bonchev–Trinajstić information content (AvgIpc) is 2.03. The third kappa shape index (κ3) is 2.03. The highest BCUT2D eigenvalue weighted by molar-refractivity contribution is 5.74. The summed E-state index contributed by atoms with van der Waals surface area (Å²) in [5.74, 6) is -1.26. The molecule has 0 saturated carbocycles. The Labute approximate surface area is 75.9 Å². The summed E-state index contributed by atoms with van der Waals surface area (Å²) in [6, 6.07) is 3.25. The van der Waals surface area contributed by atoms with E-state index >= 15 is 0 Å². The van der Waals surface area contributed by atoms with Crippen LogP contribution in [0.25, 0.3) is 0 Å². The van der Waals surface area contributed by atoms with Gasteiger partial charge in [-0.05, 0) is 19.9 Å². The van der Waals surface area contributed by atoms with Crippen LogP contribution in [0.3, 0.4) is 0 Å². The Morgan fingerprint density at radius 3 is 2.54 bits per heavy atom. The molecule has 1 atom stereocenters. The number of hydrogen-bond acceptors (Lipinski definition) is 3. The molecule has 1 rings (SSSR count). The van der Waals surface area contributed by atoms with Crippen molar-refractivity contribution in [3.05, 3.63) is 29.1 Å². The molecule has 1 heterocycles. The molecule has 0 bridgehead atoms. The number of rotatable bonds is 2. The summed E-state index contributed by atoms with van der Waals surface area (Å²) in [5, 5.41) is 17.8. The van der Waals surface area contributed by atoms with Gasteiger partial charge in [0.1, 0.15) is 0 Å². The van der Waals surface area contributed by atoms with Crippen LogP contribution in [0.1, 0.15) is 23.1 Å². The van der Waals surface area contributed by atoms with E-state index in [0.717, 1.165) is 5.69 Å². The maximum absolute atomic E-state index is 10.5. The lowest BCUT2D eigenvalue weighted by Crippen LogP contribution is -2.12. The standard InChI is InChI=1S/C9H11NO3/c1-5-3-4-7(6(2)10-5)8(11)9(12)13/h3-4,8,11H,1-2H3,(H,12,13). The predicted molar refractivity (Wildman–Crippen MR) is 46.3 cm³/mol. The SMILES string of the molecule is Cc1ccc(C(O)C(=O)O)c(C)n1. The van der Waals surface area contributed by atoms with Gasteiger partial charge in [0.25, 0.3) is 0 Å². The van der Waals surface area contributed by atoms with Gasteiger partial charge in [-0.2, -0.15) is 0 Å². The Morgan fingerprint density at radius 1 is 1.46 bits per heavy atom. The van der Waals surface area contributed by atoms with Crippen molar-refractivity contribution in [2.45, 2.75) is 20.0 Å². The minimum atomic E-state index is -1.48. The largest absolute Gasteiger partial charge is 0.479 e. The molecule has 13 heavy (non-hydrogen) atoms. The van der Waals surface area contributed by atoms with Crippen molar-refractivity contribution in [3.63, 3.8) is 0 Å². The van der Waals surface area contributed by atoms with Crippen LogP contribution in [-0.4, -0.2) is 21.2 Å². The number of carbonyl (C=O) groups is 1. The van der Waals surface area contributed by atoms with Crippen LogP contribution in [0.2, 0.25) is 0 Å². The minimum Gasteiger partial charge on any atom is -0.479 e. The van der Waals surface area contributed by atoms with Gasteiger partial charge < -0.3 is 10.2 Å². The van der Waals surface area contributed by atoms with Crippen molar-refractivity contribution >= 4 is 5.97 Å². The smallest absolute Gasteiger partial charge is 0.337 e. The molecule has 0 amide bonds. The molecule has 4 nitrogen and oxygen atoms in total. The Kier molecular flexibility index (Phi) is 2.63. The molecule has 0 aliphatic heterocycles.